The number of aliphatic hydroxyl groups is 2. The monoisotopic (exact) mass is 1230 g/mol. The van der Waals surface area contributed by atoms with Crippen LogP contribution in [0.25, 0.3) is 0 Å². The standard InChI is InChI=1S/C66H116N8O13/c1-25-27-28-43(15)58(79)57-55(78)34-46(26-2)61(82)72(22)52(36-75)65(86)69(19)49(30-38(5)6)54(77)35-47(41(11)12)62(83)68(18)48(29-37(3)4)53(76)33-44(16)59(80)67-45(17)60(81)70(20)50(31-39(7)8)63(84)71(21)51(32-40(9)10)64(85)73(23)56(42(13)14)66(87)74(57)24/h25,27,37-52,56-58,75,79H,26,28-36H2,1-24H3,(H,67,80)/b27-25+/t43-,44+,45+,46+,47-,48+,49+,50-,51-,52-,56-,57+,58-/m1/s1. The summed E-state index contributed by atoms with van der Waals surface area (Å²) in [7, 11) is 9.97. The molecule has 1 fully saturated rings. The topological polar surface area (TPSA) is 263 Å². The highest BCUT2D eigenvalue weighted by Crippen LogP contribution is 2.30. The molecule has 87 heavy (non-hydrogen) atoms. The summed E-state index contributed by atoms with van der Waals surface area (Å²) in [6, 6.07) is -9.91. The first-order valence-corrected chi connectivity index (χ1v) is 31.8. The number of likely N-dealkylation sites (N-methyl/N-ethyl adjacent to an activating group) is 7. The van der Waals surface area contributed by atoms with Gasteiger partial charge < -0.3 is 49.8 Å². The Labute approximate surface area is 522 Å². The summed E-state index contributed by atoms with van der Waals surface area (Å²) in [6.07, 6.45) is 2.08. The Morgan fingerprint density at radius 2 is 0.862 bits per heavy atom. The average molecular weight is 1230 g/mol. The van der Waals surface area contributed by atoms with E-state index in [2.05, 4.69) is 5.32 Å². The number of aliphatic hydroxyl groups excluding tert-OH is 2. The maximum atomic E-state index is 15.2. The lowest BCUT2D eigenvalue weighted by Gasteiger charge is -2.41. The third kappa shape index (κ3) is 21.9. The van der Waals surface area contributed by atoms with Crippen LogP contribution in [0, 0.1) is 59.2 Å². The van der Waals surface area contributed by atoms with Gasteiger partial charge >= 0.3 is 0 Å². The van der Waals surface area contributed by atoms with Gasteiger partial charge in [0.2, 0.25) is 47.3 Å². The maximum absolute atomic E-state index is 15.2. The number of hydrogen-bond donors (Lipinski definition) is 3. The first-order chi connectivity index (χ1) is 40.2. The van der Waals surface area contributed by atoms with E-state index in [1.54, 1.807) is 61.5 Å². The lowest BCUT2D eigenvalue weighted by molar-refractivity contribution is -0.157. The van der Waals surface area contributed by atoms with Crippen molar-refractivity contribution < 1.29 is 63.0 Å². The summed E-state index contributed by atoms with van der Waals surface area (Å²) < 4.78 is 0. The molecule has 3 N–H and O–H groups in total. The van der Waals surface area contributed by atoms with Crippen LogP contribution in [0.2, 0.25) is 0 Å². The van der Waals surface area contributed by atoms with Gasteiger partial charge in [-0.2, -0.15) is 0 Å². The molecule has 13 atom stereocenters. The molecule has 0 aliphatic carbocycles. The Morgan fingerprint density at radius 3 is 1.29 bits per heavy atom. The number of amides is 8. The minimum absolute atomic E-state index is 0.0627. The van der Waals surface area contributed by atoms with Gasteiger partial charge in [0.25, 0.3) is 0 Å². The SMILES string of the molecule is C/C=C/C[C@@H](C)[C@@H](O)[C@@H]1C(=O)C[C@H](CC)C(=O)N(C)[C@H](CO)C(=O)N(C)[C@@H](CC(C)C)C(=O)C[C@H](C(C)C)C(=O)N(C)[C@@H](CC(C)C)C(=O)C[C@H](C)C(=O)N[C@@H](C)C(=O)N(C)[C@H](CC(C)C)C(=O)N(C)[C@H](CC(C)C)C(=O)N(C)[C@H](C(C)C)C(=O)N1C. The number of carbonyl (C=O) groups is 11. The number of nitrogens with one attached hydrogen (secondary N) is 1. The van der Waals surface area contributed by atoms with Gasteiger partial charge in [0.1, 0.15) is 36.3 Å². The van der Waals surface area contributed by atoms with E-state index >= 15 is 14.4 Å². The predicted molar refractivity (Wildman–Crippen MR) is 338 cm³/mol. The number of Topliss-reactive ketones (excluding diaryl/α,β-unsaturated/α-hetero) is 3. The molecule has 0 radical (unpaired) electrons. The van der Waals surface area contributed by atoms with Crippen molar-refractivity contribution in [2.75, 3.05) is 55.9 Å². The Bertz CT molecular complexity index is 2370. The van der Waals surface area contributed by atoms with Crippen molar-refractivity contribution in [2.24, 2.45) is 59.2 Å². The second kappa shape index (κ2) is 36.2. The summed E-state index contributed by atoms with van der Waals surface area (Å²) >= 11 is 0. The van der Waals surface area contributed by atoms with Crippen molar-refractivity contribution in [3.63, 3.8) is 0 Å². The van der Waals surface area contributed by atoms with Crippen LogP contribution in [-0.2, 0) is 52.7 Å². The van der Waals surface area contributed by atoms with Crippen LogP contribution in [0.15, 0.2) is 12.2 Å². The van der Waals surface area contributed by atoms with Gasteiger partial charge in [0.05, 0.1) is 24.8 Å². The van der Waals surface area contributed by atoms with E-state index < -0.39 is 168 Å². The number of ketones is 3. The molecule has 0 saturated carbocycles. The highest BCUT2D eigenvalue weighted by atomic mass is 16.3. The van der Waals surface area contributed by atoms with Crippen LogP contribution in [0.3, 0.4) is 0 Å². The fraction of sp³-hybridized carbons (Fsp3) is 0.803. The van der Waals surface area contributed by atoms with Gasteiger partial charge in [-0.25, -0.2) is 0 Å². The van der Waals surface area contributed by atoms with Crippen LogP contribution in [0.1, 0.15) is 175 Å². The molecule has 0 aromatic carbocycles. The molecule has 1 aliphatic heterocycles. The van der Waals surface area contributed by atoms with E-state index in [-0.39, 0.29) is 68.6 Å². The first kappa shape index (κ1) is 79.4. The molecular formula is C66H116N8O13. The van der Waals surface area contributed by atoms with E-state index in [0.29, 0.717) is 6.42 Å². The number of allylic oxidation sites excluding steroid dienone is 2. The van der Waals surface area contributed by atoms with E-state index in [1.807, 2.05) is 61.5 Å². The molecule has 1 aliphatic rings. The molecule has 0 unspecified atom stereocenters. The molecule has 0 aromatic rings. The van der Waals surface area contributed by atoms with E-state index in [9.17, 15) is 48.6 Å². The molecule has 1 rings (SSSR count). The summed E-state index contributed by atoms with van der Waals surface area (Å²) in [5, 5.41) is 25.8. The van der Waals surface area contributed by atoms with Gasteiger partial charge in [-0.05, 0) is 93.8 Å². The molecule has 1 saturated heterocycles. The second-order valence-electron chi connectivity index (χ2n) is 27.4. The zero-order chi connectivity index (χ0) is 67.6. The number of carbonyl (C=O) groups excluding carboxylic acids is 11. The Balaban J connectivity index is 4.41. The van der Waals surface area contributed by atoms with E-state index in [1.165, 1.54) is 80.8 Å². The van der Waals surface area contributed by atoms with E-state index in [4.69, 9.17) is 0 Å². The van der Waals surface area contributed by atoms with Gasteiger partial charge in [-0.3, -0.25) is 52.7 Å². The summed E-state index contributed by atoms with van der Waals surface area (Å²) in [4.78, 5) is 171. The fourth-order valence-corrected chi connectivity index (χ4v) is 11.8. The van der Waals surface area contributed by atoms with Crippen LogP contribution in [0.5, 0.6) is 0 Å². The first-order valence-electron chi connectivity index (χ1n) is 31.8. The van der Waals surface area contributed by atoms with Gasteiger partial charge in [0, 0.05) is 86.3 Å². The smallest absolute Gasteiger partial charge is 0.248 e. The van der Waals surface area contributed by atoms with Crippen LogP contribution >= 0.6 is 0 Å². The molecule has 0 bridgehead atoms. The second-order valence-corrected chi connectivity index (χ2v) is 27.4. The largest absolute Gasteiger partial charge is 0.394 e. The average Bonchev–Trinajstić information content (AvgIpc) is 1.23. The predicted octanol–water partition coefficient (Wildman–Crippen LogP) is 5.90. The van der Waals surface area contributed by atoms with Crippen molar-refractivity contribution in [1.82, 2.24) is 39.6 Å². The van der Waals surface area contributed by atoms with Crippen molar-refractivity contribution in [2.45, 2.75) is 230 Å². The number of nitrogens with zero attached hydrogens (tertiary/aromatic N) is 7. The summed E-state index contributed by atoms with van der Waals surface area (Å²) in [5.41, 5.74) is 0. The van der Waals surface area contributed by atoms with Gasteiger partial charge in [-0.1, -0.05) is 116 Å². The molecule has 0 spiro atoms. The molecule has 21 heteroatoms. The molecule has 8 amide bonds. The molecule has 498 valence electrons. The third-order valence-corrected chi connectivity index (χ3v) is 17.5. The van der Waals surface area contributed by atoms with Crippen molar-refractivity contribution in [1.29, 1.82) is 0 Å². The van der Waals surface area contributed by atoms with Crippen molar-refractivity contribution in [3.05, 3.63) is 12.2 Å². The number of hydrogen-bond acceptors (Lipinski definition) is 13. The summed E-state index contributed by atoms with van der Waals surface area (Å²) in [5.74, 6) is -11.8. The molecule has 21 nitrogen and oxygen atoms in total. The lowest BCUT2D eigenvalue weighted by Crippen LogP contribution is -2.62. The molecule has 0 aromatic heterocycles. The Kier molecular flexibility index (Phi) is 33.0. The minimum atomic E-state index is -1.55. The highest BCUT2D eigenvalue weighted by Gasteiger charge is 2.46. The van der Waals surface area contributed by atoms with Crippen LogP contribution < -0.4 is 5.32 Å². The maximum Gasteiger partial charge on any atom is 0.248 e. The summed E-state index contributed by atoms with van der Waals surface area (Å²) in [6.45, 7) is 29.4. The van der Waals surface area contributed by atoms with Crippen molar-refractivity contribution >= 4 is 64.6 Å². The minimum Gasteiger partial charge on any atom is -0.394 e. The van der Waals surface area contributed by atoms with Crippen molar-refractivity contribution in [3.8, 4) is 0 Å². The zero-order valence-corrected chi connectivity index (χ0v) is 57.7. The molecular weight excluding hydrogens is 1110 g/mol. The fourth-order valence-electron chi connectivity index (χ4n) is 11.8. The van der Waals surface area contributed by atoms with Gasteiger partial charge in [-0.15, -0.1) is 0 Å². The highest BCUT2D eigenvalue weighted by molar-refractivity contribution is 6.00. The Hall–Kier alpha value is -5.57. The van der Waals surface area contributed by atoms with Crippen LogP contribution in [-0.4, -0.2) is 219 Å². The third-order valence-electron chi connectivity index (χ3n) is 17.5. The number of rotatable bonds is 16. The zero-order valence-electron chi connectivity index (χ0n) is 57.7. The van der Waals surface area contributed by atoms with E-state index in [0.717, 1.165) is 9.80 Å². The Morgan fingerprint density at radius 1 is 0.471 bits per heavy atom. The van der Waals surface area contributed by atoms with Gasteiger partial charge in [0.15, 0.2) is 17.3 Å². The lowest BCUT2D eigenvalue weighted by atomic mass is 9.84. The molecule has 1 heterocycles. The van der Waals surface area contributed by atoms with Crippen LogP contribution in [0.4, 0.5) is 0 Å². The quantitative estimate of drug-likeness (QED) is 0.152. The normalized spacial score (nSPS) is 27.7.